The molecule has 120 valence electrons. The fourth-order valence-corrected chi connectivity index (χ4v) is 2.54. The molecular weight excluding hydrogens is 324 g/mol. The van der Waals surface area contributed by atoms with E-state index in [0.29, 0.717) is 16.3 Å². The summed E-state index contributed by atoms with van der Waals surface area (Å²) < 4.78 is 25.6. The quantitative estimate of drug-likeness (QED) is 0.495. The van der Waals surface area contributed by atoms with Gasteiger partial charge >= 0.3 is 7.12 Å². The predicted molar refractivity (Wildman–Crippen MR) is 93.7 cm³/mol. The molecule has 1 saturated heterocycles. The SMILES string of the molecule is CC1(C)OB(C(=Cc2cc(F)c(N)cc2Cl)CS)OC1(C)C. The van der Waals surface area contributed by atoms with Gasteiger partial charge in [0.2, 0.25) is 0 Å². The van der Waals surface area contributed by atoms with Gasteiger partial charge in [-0.05, 0) is 50.9 Å². The average Bonchev–Trinajstić information content (AvgIpc) is 2.61. The second-order valence-corrected chi connectivity index (χ2v) is 7.08. The Morgan fingerprint density at radius 1 is 1.32 bits per heavy atom. The summed E-state index contributed by atoms with van der Waals surface area (Å²) in [6.45, 7) is 7.88. The maximum absolute atomic E-state index is 13.6. The van der Waals surface area contributed by atoms with E-state index in [1.807, 2.05) is 27.7 Å². The molecule has 1 fully saturated rings. The van der Waals surface area contributed by atoms with Crippen LogP contribution in [0, 0.1) is 5.82 Å². The molecule has 1 heterocycles. The van der Waals surface area contributed by atoms with E-state index in [2.05, 4.69) is 12.6 Å². The van der Waals surface area contributed by atoms with Gasteiger partial charge in [-0.3, -0.25) is 0 Å². The lowest BCUT2D eigenvalue weighted by Crippen LogP contribution is -2.41. The third kappa shape index (κ3) is 3.30. The Hall–Kier alpha value is -0.685. The van der Waals surface area contributed by atoms with Gasteiger partial charge in [0.1, 0.15) is 5.82 Å². The first-order valence-electron chi connectivity index (χ1n) is 6.99. The van der Waals surface area contributed by atoms with Crippen LogP contribution in [0.4, 0.5) is 10.1 Å². The first-order chi connectivity index (χ1) is 10.1. The molecule has 1 aliphatic rings. The maximum atomic E-state index is 13.6. The van der Waals surface area contributed by atoms with Crippen LogP contribution in [-0.4, -0.2) is 24.1 Å². The van der Waals surface area contributed by atoms with Gasteiger partial charge in [-0.2, -0.15) is 12.6 Å². The maximum Gasteiger partial charge on any atom is 0.491 e. The van der Waals surface area contributed by atoms with Crippen LogP contribution in [0.5, 0.6) is 0 Å². The standard InChI is InChI=1S/C15H20BClFNO2S/c1-14(2)15(3,4)21-16(20-14)10(8-22)5-9-6-12(18)13(19)7-11(9)17/h5-7,22H,8,19H2,1-4H3. The van der Waals surface area contributed by atoms with Crippen LogP contribution in [-0.2, 0) is 9.31 Å². The summed E-state index contributed by atoms with van der Waals surface area (Å²) in [5, 5.41) is 0.370. The van der Waals surface area contributed by atoms with Crippen LogP contribution < -0.4 is 5.73 Å². The Kier molecular flexibility index (Phi) is 4.88. The average molecular weight is 344 g/mol. The van der Waals surface area contributed by atoms with Gasteiger partial charge < -0.3 is 15.0 Å². The molecular formula is C15H20BClFNO2S. The molecule has 0 amide bonds. The minimum absolute atomic E-state index is 0.0187. The molecule has 1 aliphatic heterocycles. The highest BCUT2D eigenvalue weighted by Gasteiger charge is 2.52. The van der Waals surface area contributed by atoms with E-state index in [9.17, 15) is 4.39 Å². The summed E-state index contributed by atoms with van der Waals surface area (Å²) in [5.74, 6) is -0.109. The first kappa shape index (κ1) is 17.7. The van der Waals surface area contributed by atoms with Crippen molar-refractivity contribution in [3.63, 3.8) is 0 Å². The number of anilines is 1. The summed E-state index contributed by atoms with van der Waals surface area (Å²) in [5.41, 5.74) is 5.91. The third-order valence-electron chi connectivity index (χ3n) is 4.20. The van der Waals surface area contributed by atoms with Crippen molar-refractivity contribution in [1.29, 1.82) is 0 Å². The molecule has 2 N–H and O–H groups in total. The molecule has 0 unspecified atom stereocenters. The van der Waals surface area contributed by atoms with Crippen LogP contribution in [0.3, 0.4) is 0 Å². The number of thiol groups is 1. The Morgan fingerprint density at radius 3 is 2.36 bits per heavy atom. The fourth-order valence-electron chi connectivity index (χ4n) is 2.07. The van der Waals surface area contributed by atoms with E-state index in [0.717, 1.165) is 5.47 Å². The van der Waals surface area contributed by atoms with E-state index in [-0.39, 0.29) is 5.69 Å². The largest absolute Gasteiger partial charge is 0.491 e. The highest BCUT2D eigenvalue weighted by molar-refractivity contribution is 7.80. The third-order valence-corrected chi connectivity index (χ3v) is 4.89. The lowest BCUT2D eigenvalue weighted by atomic mass is 9.78. The molecule has 0 spiro atoms. The molecule has 0 aliphatic carbocycles. The van der Waals surface area contributed by atoms with Gasteiger partial charge in [-0.1, -0.05) is 17.7 Å². The van der Waals surface area contributed by atoms with Gasteiger partial charge in [-0.15, -0.1) is 0 Å². The number of hydrogen-bond acceptors (Lipinski definition) is 4. The van der Waals surface area contributed by atoms with E-state index in [4.69, 9.17) is 26.6 Å². The second-order valence-electron chi connectivity index (χ2n) is 6.36. The molecule has 0 saturated carbocycles. The number of hydrogen-bond donors (Lipinski definition) is 2. The van der Waals surface area contributed by atoms with Crippen molar-refractivity contribution in [1.82, 2.24) is 0 Å². The summed E-state index contributed by atoms with van der Waals surface area (Å²) in [6, 6.07) is 2.69. The zero-order valence-corrected chi connectivity index (χ0v) is 14.8. The number of rotatable bonds is 3. The Balaban J connectivity index is 2.36. The van der Waals surface area contributed by atoms with Gasteiger partial charge in [-0.25, -0.2) is 4.39 Å². The van der Waals surface area contributed by atoms with Crippen molar-refractivity contribution in [3.8, 4) is 0 Å². The Bertz CT molecular complexity index is 606. The summed E-state index contributed by atoms with van der Waals surface area (Å²) in [7, 11) is -0.542. The number of halogens is 2. The van der Waals surface area contributed by atoms with E-state index in [1.54, 1.807) is 6.08 Å². The number of nitrogens with two attached hydrogens (primary N) is 1. The number of benzene rings is 1. The molecule has 22 heavy (non-hydrogen) atoms. The lowest BCUT2D eigenvalue weighted by molar-refractivity contribution is 0.00578. The molecule has 2 rings (SSSR count). The Labute approximate surface area is 141 Å². The fraction of sp³-hybridized carbons (Fsp3) is 0.467. The molecule has 1 aromatic rings. The molecule has 3 nitrogen and oxygen atoms in total. The van der Waals surface area contributed by atoms with Crippen LogP contribution in [0.1, 0.15) is 33.3 Å². The monoisotopic (exact) mass is 343 g/mol. The molecule has 0 atom stereocenters. The van der Waals surface area contributed by atoms with Crippen LogP contribution >= 0.6 is 24.2 Å². The van der Waals surface area contributed by atoms with Gasteiger partial charge in [0, 0.05) is 5.75 Å². The topological polar surface area (TPSA) is 44.5 Å². The highest BCUT2D eigenvalue weighted by atomic mass is 35.5. The van der Waals surface area contributed by atoms with E-state index < -0.39 is 24.1 Å². The zero-order chi connectivity index (χ0) is 16.7. The second kappa shape index (κ2) is 6.08. The summed E-state index contributed by atoms with van der Waals surface area (Å²) in [4.78, 5) is 0. The molecule has 7 heteroatoms. The summed E-state index contributed by atoms with van der Waals surface area (Å²) in [6.07, 6.45) is 1.74. The molecule has 0 aromatic heterocycles. The van der Waals surface area contributed by atoms with Gasteiger partial charge in [0.05, 0.1) is 21.9 Å². The highest BCUT2D eigenvalue weighted by Crippen LogP contribution is 2.39. The number of nitrogen functional groups attached to an aromatic ring is 1. The zero-order valence-electron chi connectivity index (χ0n) is 13.1. The molecule has 1 aromatic carbocycles. The van der Waals surface area contributed by atoms with Crippen molar-refractivity contribution >= 4 is 43.1 Å². The normalized spacial score (nSPS) is 20.5. The van der Waals surface area contributed by atoms with Gasteiger partial charge in [0.15, 0.2) is 0 Å². The first-order valence-corrected chi connectivity index (χ1v) is 8.00. The smallest absolute Gasteiger partial charge is 0.400 e. The van der Waals surface area contributed by atoms with Crippen molar-refractivity contribution in [2.75, 3.05) is 11.5 Å². The van der Waals surface area contributed by atoms with Crippen LogP contribution in [0.2, 0.25) is 5.02 Å². The van der Waals surface area contributed by atoms with E-state index >= 15 is 0 Å². The van der Waals surface area contributed by atoms with Crippen molar-refractivity contribution in [3.05, 3.63) is 34.0 Å². The van der Waals surface area contributed by atoms with Crippen molar-refractivity contribution in [2.45, 2.75) is 38.9 Å². The van der Waals surface area contributed by atoms with E-state index in [1.165, 1.54) is 12.1 Å². The van der Waals surface area contributed by atoms with Crippen LogP contribution in [0.15, 0.2) is 17.6 Å². The minimum atomic E-state index is -0.542. The lowest BCUT2D eigenvalue weighted by Gasteiger charge is -2.32. The molecule has 0 bridgehead atoms. The van der Waals surface area contributed by atoms with Crippen molar-refractivity contribution in [2.24, 2.45) is 0 Å². The summed E-state index contributed by atoms with van der Waals surface area (Å²) >= 11 is 10.4. The molecule has 0 radical (unpaired) electrons. The van der Waals surface area contributed by atoms with Crippen LogP contribution in [0.25, 0.3) is 6.08 Å². The predicted octanol–water partition coefficient (Wildman–Crippen LogP) is 4.01. The Morgan fingerprint density at radius 2 is 1.86 bits per heavy atom. The van der Waals surface area contributed by atoms with Gasteiger partial charge in [0.25, 0.3) is 0 Å². The minimum Gasteiger partial charge on any atom is -0.400 e. The van der Waals surface area contributed by atoms with Crippen molar-refractivity contribution < 1.29 is 13.7 Å².